The highest BCUT2D eigenvalue weighted by Gasteiger charge is 2.34. The smallest absolute Gasteiger partial charge is 0.320 e. The molecule has 0 aliphatic heterocycles. The van der Waals surface area contributed by atoms with Crippen LogP contribution in [0, 0.1) is 16.2 Å². The van der Waals surface area contributed by atoms with Gasteiger partial charge in [0.25, 0.3) is 0 Å². The maximum atomic E-state index is 14.2. The number of hydrogen-bond acceptors (Lipinski definition) is 4. The van der Waals surface area contributed by atoms with Gasteiger partial charge >= 0.3 is 11.9 Å². The average molecular weight is 543 g/mol. The number of hydrogen-bond donors (Lipinski definition) is 0. The van der Waals surface area contributed by atoms with Gasteiger partial charge in [-0.1, -0.05) is 111 Å². The fourth-order valence-electron chi connectivity index (χ4n) is 4.40. The van der Waals surface area contributed by atoms with Crippen molar-refractivity contribution in [3.63, 3.8) is 0 Å². The molecule has 2 aromatic carbocycles. The first-order valence-electron chi connectivity index (χ1n) is 13.4. The van der Waals surface area contributed by atoms with Crippen LogP contribution in [0.1, 0.15) is 52.7 Å². The highest BCUT2D eigenvalue weighted by Crippen LogP contribution is 2.36. The topological polar surface area (TPSA) is 52.6 Å². The van der Waals surface area contributed by atoms with Crippen LogP contribution in [-0.2, 0) is 32.3 Å². The third kappa shape index (κ3) is 8.51. The summed E-state index contributed by atoms with van der Waals surface area (Å²) in [5.74, 6) is -1.47. The summed E-state index contributed by atoms with van der Waals surface area (Å²) in [6.07, 6.45) is 12.6. The van der Waals surface area contributed by atoms with Gasteiger partial charge in [-0.3, -0.25) is 9.59 Å². The van der Waals surface area contributed by atoms with Crippen molar-refractivity contribution in [1.82, 2.24) is 0 Å². The van der Waals surface area contributed by atoms with E-state index in [-0.39, 0.29) is 18.6 Å². The molecule has 2 aromatic rings. The molecule has 210 valence electrons. The Kier molecular flexibility index (Phi) is 9.86. The van der Waals surface area contributed by atoms with Gasteiger partial charge in [-0.05, 0) is 56.0 Å². The van der Waals surface area contributed by atoms with E-state index in [0.717, 1.165) is 16.7 Å². The lowest BCUT2D eigenvalue weighted by atomic mass is 9.78. The first-order valence-corrected chi connectivity index (χ1v) is 13.4. The maximum absolute atomic E-state index is 14.2. The fourth-order valence-corrected chi connectivity index (χ4v) is 4.40. The molecule has 0 bridgehead atoms. The Bertz CT molecular complexity index is 1340. The molecule has 0 amide bonds. The molecule has 3 rings (SSSR count). The molecule has 0 spiro atoms. The Labute approximate surface area is 237 Å². The fraction of sp³-hybridized carbons (Fsp3) is 0.314. The summed E-state index contributed by atoms with van der Waals surface area (Å²) in [6.45, 7) is 10.9. The SMILES string of the molecule is C/C(F)=C\C(C)(/C=C(C)/C1=C/C(C)(C(=O)OCc2ccccc2)/C=C\C(C)(C)C=C1)C(=O)OCc1ccccc1. The van der Waals surface area contributed by atoms with Crippen molar-refractivity contribution < 1.29 is 23.5 Å². The number of esters is 2. The number of carbonyl (C=O) groups excluding carboxylic acids is 2. The van der Waals surface area contributed by atoms with Crippen LogP contribution in [0.25, 0.3) is 0 Å². The van der Waals surface area contributed by atoms with Crippen LogP contribution < -0.4 is 0 Å². The first kappa shape index (κ1) is 30.6. The van der Waals surface area contributed by atoms with Crippen molar-refractivity contribution in [1.29, 1.82) is 0 Å². The van der Waals surface area contributed by atoms with Crippen LogP contribution in [0.4, 0.5) is 4.39 Å². The van der Waals surface area contributed by atoms with Gasteiger partial charge < -0.3 is 9.47 Å². The minimum absolute atomic E-state index is 0.0776. The van der Waals surface area contributed by atoms with Gasteiger partial charge in [0.05, 0.1) is 5.83 Å². The monoisotopic (exact) mass is 542 g/mol. The zero-order valence-electron chi connectivity index (χ0n) is 24.2. The number of rotatable bonds is 9. The lowest BCUT2D eigenvalue weighted by Gasteiger charge is -2.27. The summed E-state index contributed by atoms with van der Waals surface area (Å²) >= 11 is 0. The van der Waals surface area contributed by atoms with E-state index in [2.05, 4.69) is 0 Å². The first-order chi connectivity index (χ1) is 18.8. The molecule has 0 radical (unpaired) electrons. The lowest BCUT2D eigenvalue weighted by molar-refractivity contribution is -0.152. The summed E-state index contributed by atoms with van der Waals surface area (Å²) in [5.41, 5.74) is 0.373. The molecular weight excluding hydrogens is 503 g/mol. The van der Waals surface area contributed by atoms with Gasteiger partial charge in [-0.25, -0.2) is 4.39 Å². The number of halogens is 1. The lowest BCUT2D eigenvalue weighted by Crippen LogP contribution is -2.28. The quantitative estimate of drug-likeness (QED) is 0.236. The van der Waals surface area contributed by atoms with Crippen LogP contribution >= 0.6 is 0 Å². The molecule has 40 heavy (non-hydrogen) atoms. The highest BCUT2D eigenvalue weighted by atomic mass is 19.1. The maximum Gasteiger partial charge on any atom is 0.320 e. The van der Waals surface area contributed by atoms with Crippen LogP contribution in [0.2, 0.25) is 0 Å². The molecule has 1 aliphatic rings. The van der Waals surface area contributed by atoms with Crippen molar-refractivity contribution in [2.24, 2.45) is 16.2 Å². The standard InChI is InChI=1S/C35H39FO4/c1-26(21-35(6,22-27(2)36)32(38)40-25-29-15-11-8-12-16-29)30-17-18-33(3,4)19-20-34(5,23-30)31(37)39-24-28-13-9-7-10-14-28/h7-23H,24-25H2,1-6H3/b18-17?,20-19-,26-21+,27-22+,30-23+. The van der Waals surface area contributed by atoms with E-state index in [9.17, 15) is 14.0 Å². The Morgan fingerprint density at radius 2 is 1.38 bits per heavy atom. The second kappa shape index (κ2) is 12.9. The third-order valence-electron chi connectivity index (χ3n) is 6.78. The van der Waals surface area contributed by atoms with E-state index < -0.39 is 28.6 Å². The summed E-state index contributed by atoms with van der Waals surface area (Å²) in [5, 5.41) is 0. The van der Waals surface area contributed by atoms with E-state index >= 15 is 0 Å². The molecule has 5 heteroatoms. The van der Waals surface area contributed by atoms with E-state index in [1.54, 1.807) is 19.9 Å². The molecule has 0 saturated heterocycles. The Balaban J connectivity index is 1.95. The predicted molar refractivity (Wildman–Crippen MR) is 157 cm³/mol. The Hall–Kier alpha value is -3.99. The minimum Gasteiger partial charge on any atom is -0.460 e. The zero-order chi connectivity index (χ0) is 29.4. The van der Waals surface area contributed by atoms with Crippen molar-refractivity contribution >= 4 is 11.9 Å². The van der Waals surface area contributed by atoms with Crippen LogP contribution in [0.15, 0.2) is 120 Å². The normalized spacial score (nSPS) is 22.6. The van der Waals surface area contributed by atoms with E-state index in [1.165, 1.54) is 13.0 Å². The summed E-state index contributed by atoms with van der Waals surface area (Å²) in [6, 6.07) is 18.8. The van der Waals surface area contributed by atoms with Gasteiger partial charge in [-0.15, -0.1) is 0 Å². The molecular formula is C35H39FO4. The number of benzene rings is 2. The summed E-state index contributed by atoms with van der Waals surface area (Å²) in [4.78, 5) is 26.7. The second-order valence-electron chi connectivity index (χ2n) is 11.3. The van der Waals surface area contributed by atoms with Crippen LogP contribution in [0.5, 0.6) is 0 Å². The number of allylic oxidation sites excluding steroid dienone is 6. The van der Waals surface area contributed by atoms with Crippen molar-refractivity contribution in [3.05, 3.63) is 131 Å². The molecule has 2 unspecified atom stereocenters. The number of carbonyl (C=O) groups is 2. The van der Waals surface area contributed by atoms with Crippen molar-refractivity contribution in [3.8, 4) is 0 Å². The highest BCUT2D eigenvalue weighted by molar-refractivity contribution is 5.83. The Morgan fingerprint density at radius 3 is 1.93 bits per heavy atom. The van der Waals surface area contributed by atoms with Crippen LogP contribution in [-0.4, -0.2) is 11.9 Å². The third-order valence-corrected chi connectivity index (χ3v) is 6.78. The van der Waals surface area contributed by atoms with Crippen molar-refractivity contribution in [2.45, 2.75) is 54.8 Å². The molecule has 0 fully saturated rings. The van der Waals surface area contributed by atoms with Gasteiger partial charge in [0.2, 0.25) is 0 Å². The summed E-state index contributed by atoms with van der Waals surface area (Å²) in [7, 11) is 0. The van der Waals surface area contributed by atoms with Crippen molar-refractivity contribution in [2.75, 3.05) is 0 Å². The van der Waals surface area contributed by atoms with Gasteiger partial charge in [-0.2, -0.15) is 0 Å². The minimum atomic E-state index is -1.37. The zero-order valence-corrected chi connectivity index (χ0v) is 24.2. The predicted octanol–water partition coefficient (Wildman–Crippen LogP) is 8.38. The van der Waals surface area contributed by atoms with Crippen LogP contribution in [0.3, 0.4) is 0 Å². The van der Waals surface area contributed by atoms with Gasteiger partial charge in [0.15, 0.2) is 0 Å². The second-order valence-corrected chi connectivity index (χ2v) is 11.3. The van der Waals surface area contributed by atoms with E-state index in [1.807, 2.05) is 112 Å². The molecule has 0 saturated carbocycles. The Morgan fingerprint density at radius 1 is 0.825 bits per heavy atom. The molecule has 0 N–H and O–H groups in total. The van der Waals surface area contributed by atoms with E-state index in [4.69, 9.17) is 9.47 Å². The molecule has 0 aromatic heterocycles. The average Bonchev–Trinajstić information content (AvgIpc) is 2.91. The molecule has 0 heterocycles. The summed E-state index contributed by atoms with van der Waals surface area (Å²) < 4.78 is 25.5. The van der Waals surface area contributed by atoms with E-state index in [0.29, 0.717) is 5.57 Å². The molecule has 4 nitrogen and oxygen atoms in total. The van der Waals surface area contributed by atoms with Gasteiger partial charge in [0.1, 0.15) is 24.0 Å². The molecule has 2 atom stereocenters. The largest absolute Gasteiger partial charge is 0.460 e. The number of ether oxygens (including phenoxy) is 2. The van der Waals surface area contributed by atoms with Gasteiger partial charge in [0, 0.05) is 5.41 Å². The molecule has 1 aliphatic carbocycles.